The van der Waals surface area contributed by atoms with Crippen LogP contribution in [0.25, 0.3) is 0 Å². The van der Waals surface area contributed by atoms with E-state index in [1.54, 1.807) is 6.92 Å². The van der Waals surface area contributed by atoms with Crippen LogP contribution in [-0.2, 0) is 17.6 Å². The Labute approximate surface area is 145 Å². The van der Waals surface area contributed by atoms with Crippen molar-refractivity contribution in [1.29, 1.82) is 5.26 Å². The van der Waals surface area contributed by atoms with Gasteiger partial charge in [0.15, 0.2) is 0 Å². The van der Waals surface area contributed by atoms with Gasteiger partial charge in [0.1, 0.15) is 0 Å². The molecule has 1 amide bonds. The SMILES string of the molecule is CCCCC1CCc2cc(CC(C)NC(=O)OCC)cc(C#N)c21. The Morgan fingerprint density at radius 3 is 2.92 bits per heavy atom. The second-order valence-electron chi connectivity index (χ2n) is 6.68. The number of unbranched alkanes of at least 4 members (excludes halogenated alkanes) is 1. The number of hydrogen-bond donors (Lipinski definition) is 1. The highest BCUT2D eigenvalue weighted by Crippen LogP contribution is 2.39. The molecule has 0 aromatic heterocycles. The number of rotatable bonds is 7. The maximum atomic E-state index is 11.5. The minimum Gasteiger partial charge on any atom is -0.450 e. The largest absolute Gasteiger partial charge is 0.450 e. The van der Waals surface area contributed by atoms with Crippen LogP contribution in [0.2, 0.25) is 0 Å². The van der Waals surface area contributed by atoms with Gasteiger partial charge in [0.05, 0.1) is 18.2 Å². The van der Waals surface area contributed by atoms with Crippen LogP contribution in [0.1, 0.15) is 74.6 Å². The van der Waals surface area contributed by atoms with E-state index in [4.69, 9.17) is 4.74 Å². The van der Waals surface area contributed by atoms with Crippen molar-refractivity contribution >= 4 is 6.09 Å². The molecule has 2 rings (SSSR count). The van der Waals surface area contributed by atoms with Gasteiger partial charge in [-0.25, -0.2) is 4.79 Å². The summed E-state index contributed by atoms with van der Waals surface area (Å²) in [6.07, 6.45) is 6.14. The third-order valence-corrected chi connectivity index (χ3v) is 4.70. The highest BCUT2D eigenvalue weighted by Gasteiger charge is 2.26. The van der Waals surface area contributed by atoms with E-state index in [0.29, 0.717) is 18.9 Å². The third kappa shape index (κ3) is 4.50. The van der Waals surface area contributed by atoms with E-state index in [0.717, 1.165) is 24.0 Å². The summed E-state index contributed by atoms with van der Waals surface area (Å²) in [5.74, 6) is 0.540. The number of aryl methyl sites for hydroxylation is 1. The molecule has 4 nitrogen and oxygen atoms in total. The second-order valence-corrected chi connectivity index (χ2v) is 6.68. The van der Waals surface area contributed by atoms with Crippen molar-refractivity contribution in [3.05, 3.63) is 34.4 Å². The number of ether oxygens (including phenoxy) is 1. The molecule has 0 heterocycles. The first-order chi connectivity index (χ1) is 11.6. The fourth-order valence-electron chi connectivity index (χ4n) is 3.67. The normalized spacial score (nSPS) is 17.0. The molecule has 0 saturated heterocycles. The Kier molecular flexibility index (Phi) is 6.66. The number of hydrogen-bond acceptors (Lipinski definition) is 3. The lowest BCUT2D eigenvalue weighted by Gasteiger charge is -2.16. The Bertz CT molecular complexity index is 619. The summed E-state index contributed by atoms with van der Waals surface area (Å²) >= 11 is 0. The highest BCUT2D eigenvalue weighted by molar-refractivity contribution is 5.67. The minimum absolute atomic E-state index is 0.0223. The number of carbonyl (C=O) groups is 1. The first-order valence-corrected chi connectivity index (χ1v) is 9.08. The number of amides is 1. The average Bonchev–Trinajstić information content (AvgIpc) is 2.95. The summed E-state index contributed by atoms with van der Waals surface area (Å²) in [5.41, 5.74) is 4.55. The van der Waals surface area contributed by atoms with Crippen molar-refractivity contribution in [3.63, 3.8) is 0 Å². The molecule has 2 atom stereocenters. The maximum absolute atomic E-state index is 11.5. The Morgan fingerprint density at radius 1 is 1.46 bits per heavy atom. The van der Waals surface area contributed by atoms with Gasteiger partial charge in [0, 0.05) is 6.04 Å². The Balaban J connectivity index is 2.11. The molecule has 1 aliphatic carbocycles. The molecule has 0 bridgehead atoms. The van der Waals surface area contributed by atoms with Gasteiger partial charge in [0.2, 0.25) is 0 Å². The topological polar surface area (TPSA) is 62.1 Å². The second kappa shape index (κ2) is 8.73. The Hall–Kier alpha value is -2.02. The zero-order valence-corrected chi connectivity index (χ0v) is 15.0. The van der Waals surface area contributed by atoms with E-state index in [2.05, 4.69) is 24.4 Å². The zero-order valence-electron chi connectivity index (χ0n) is 15.0. The summed E-state index contributed by atoms with van der Waals surface area (Å²) < 4.78 is 4.92. The van der Waals surface area contributed by atoms with Crippen molar-refractivity contribution in [1.82, 2.24) is 5.32 Å². The van der Waals surface area contributed by atoms with E-state index in [1.807, 2.05) is 13.0 Å². The molecule has 1 aromatic carbocycles. The predicted molar refractivity (Wildman–Crippen MR) is 95.1 cm³/mol. The number of nitriles is 1. The van der Waals surface area contributed by atoms with Crippen LogP contribution < -0.4 is 5.32 Å². The average molecular weight is 328 g/mol. The van der Waals surface area contributed by atoms with Gasteiger partial charge in [-0.3, -0.25) is 0 Å². The smallest absolute Gasteiger partial charge is 0.407 e. The van der Waals surface area contributed by atoms with Gasteiger partial charge in [-0.15, -0.1) is 0 Å². The summed E-state index contributed by atoms with van der Waals surface area (Å²) in [5, 5.41) is 12.4. The summed E-state index contributed by atoms with van der Waals surface area (Å²) in [6.45, 7) is 6.33. The van der Waals surface area contributed by atoms with Gasteiger partial charge >= 0.3 is 6.09 Å². The summed E-state index contributed by atoms with van der Waals surface area (Å²) in [6, 6.07) is 6.61. The van der Waals surface area contributed by atoms with Gasteiger partial charge < -0.3 is 10.1 Å². The zero-order chi connectivity index (χ0) is 17.5. The fourth-order valence-corrected chi connectivity index (χ4v) is 3.67. The van der Waals surface area contributed by atoms with Crippen LogP contribution >= 0.6 is 0 Å². The van der Waals surface area contributed by atoms with Gasteiger partial charge in [0.25, 0.3) is 0 Å². The van der Waals surface area contributed by atoms with Crippen LogP contribution in [0, 0.1) is 11.3 Å². The van der Waals surface area contributed by atoms with Crippen molar-refractivity contribution < 1.29 is 9.53 Å². The van der Waals surface area contributed by atoms with Crippen molar-refractivity contribution in [2.24, 2.45) is 0 Å². The van der Waals surface area contributed by atoms with Crippen LogP contribution in [-0.4, -0.2) is 18.7 Å². The number of benzene rings is 1. The van der Waals surface area contributed by atoms with Crippen LogP contribution in [0.5, 0.6) is 0 Å². The number of alkyl carbamates (subject to hydrolysis) is 1. The molecule has 130 valence electrons. The highest BCUT2D eigenvalue weighted by atomic mass is 16.5. The molecule has 0 spiro atoms. The predicted octanol–water partition coefficient (Wildman–Crippen LogP) is 4.46. The van der Waals surface area contributed by atoms with E-state index < -0.39 is 0 Å². The van der Waals surface area contributed by atoms with Gasteiger partial charge in [-0.05, 0) is 68.2 Å². The van der Waals surface area contributed by atoms with Crippen molar-refractivity contribution in [2.45, 2.75) is 71.3 Å². The van der Waals surface area contributed by atoms with E-state index in [9.17, 15) is 10.1 Å². The van der Waals surface area contributed by atoms with Crippen LogP contribution in [0.4, 0.5) is 4.79 Å². The monoisotopic (exact) mass is 328 g/mol. The molecule has 2 unspecified atom stereocenters. The van der Waals surface area contributed by atoms with Crippen molar-refractivity contribution in [3.8, 4) is 6.07 Å². The number of fused-ring (bicyclic) bond motifs is 1. The third-order valence-electron chi connectivity index (χ3n) is 4.70. The molecule has 0 saturated carbocycles. The van der Waals surface area contributed by atoms with Crippen LogP contribution in [0.15, 0.2) is 12.1 Å². The molecule has 0 radical (unpaired) electrons. The fraction of sp³-hybridized carbons (Fsp3) is 0.600. The number of nitrogens with one attached hydrogen (secondary N) is 1. The molecular weight excluding hydrogens is 300 g/mol. The molecule has 1 aromatic rings. The molecule has 4 heteroatoms. The lowest BCUT2D eigenvalue weighted by atomic mass is 9.90. The number of nitrogens with zero attached hydrogens (tertiary/aromatic N) is 1. The minimum atomic E-state index is -0.383. The quantitative estimate of drug-likeness (QED) is 0.804. The molecule has 1 aliphatic rings. The van der Waals surface area contributed by atoms with E-state index in [-0.39, 0.29) is 12.1 Å². The Morgan fingerprint density at radius 2 is 2.25 bits per heavy atom. The first kappa shape index (κ1) is 18.3. The first-order valence-electron chi connectivity index (χ1n) is 9.08. The molecular formula is C20H28N2O2. The molecule has 0 aliphatic heterocycles. The molecule has 0 fully saturated rings. The molecule has 1 N–H and O–H groups in total. The lowest BCUT2D eigenvalue weighted by Crippen LogP contribution is -2.34. The summed E-state index contributed by atoms with van der Waals surface area (Å²) in [4.78, 5) is 11.5. The standard InChI is InChI=1S/C20H28N2O2/c1-4-6-7-16-8-9-17-11-15(12-18(13-21)19(16)17)10-14(3)22-20(23)24-5-2/h11-12,14,16H,4-10H2,1-3H3,(H,22,23). The van der Waals surface area contributed by atoms with Gasteiger partial charge in [-0.2, -0.15) is 5.26 Å². The van der Waals surface area contributed by atoms with Crippen LogP contribution in [0.3, 0.4) is 0 Å². The van der Waals surface area contributed by atoms with Gasteiger partial charge in [-0.1, -0.05) is 25.8 Å². The molecule has 24 heavy (non-hydrogen) atoms. The lowest BCUT2D eigenvalue weighted by molar-refractivity contribution is 0.149. The van der Waals surface area contributed by atoms with E-state index in [1.165, 1.54) is 30.4 Å². The maximum Gasteiger partial charge on any atom is 0.407 e. The van der Waals surface area contributed by atoms with E-state index >= 15 is 0 Å². The number of carbonyl (C=O) groups excluding carboxylic acids is 1. The van der Waals surface area contributed by atoms with Crippen molar-refractivity contribution in [2.75, 3.05) is 6.61 Å². The summed E-state index contributed by atoms with van der Waals surface area (Å²) in [7, 11) is 0.